The van der Waals surface area contributed by atoms with E-state index >= 15 is 0 Å². The van der Waals surface area contributed by atoms with Crippen molar-refractivity contribution in [2.24, 2.45) is 0 Å². The highest BCUT2D eigenvalue weighted by Crippen LogP contribution is 2.13. The summed E-state index contributed by atoms with van der Waals surface area (Å²) in [6.45, 7) is 6.41. The van der Waals surface area contributed by atoms with Gasteiger partial charge < -0.3 is 15.2 Å². The molecule has 2 rings (SSSR count). The lowest BCUT2D eigenvalue weighted by atomic mass is 10.3. The van der Waals surface area contributed by atoms with E-state index in [0.29, 0.717) is 12.2 Å². The zero-order valence-electron chi connectivity index (χ0n) is 12.3. The summed E-state index contributed by atoms with van der Waals surface area (Å²) < 4.78 is 1.99. The Bertz CT molecular complexity index is 539. The molecule has 6 heteroatoms. The summed E-state index contributed by atoms with van der Waals surface area (Å²) >= 11 is 1.70. The van der Waals surface area contributed by atoms with Crippen LogP contribution in [-0.4, -0.2) is 29.6 Å². The number of amides is 1. The quantitative estimate of drug-likeness (QED) is 0.821. The number of aromatic nitrogens is 1. The number of halogens is 1. The molecule has 0 bridgehead atoms. The smallest absolute Gasteiger partial charge is 0.267 e. The number of likely N-dealkylation sites (N-methyl/N-ethyl adjacent to an activating group) is 1. The van der Waals surface area contributed by atoms with Gasteiger partial charge in [-0.05, 0) is 37.0 Å². The van der Waals surface area contributed by atoms with Gasteiger partial charge in [-0.15, -0.1) is 23.7 Å². The number of thiophene rings is 1. The second kappa shape index (κ2) is 8.87. The summed E-state index contributed by atoms with van der Waals surface area (Å²) in [6.07, 6.45) is 1.95. The Morgan fingerprint density at radius 2 is 2.19 bits per heavy atom. The van der Waals surface area contributed by atoms with E-state index in [9.17, 15) is 4.79 Å². The Balaban J connectivity index is 0.00000220. The molecule has 1 atom stereocenters. The van der Waals surface area contributed by atoms with Crippen molar-refractivity contribution in [3.8, 4) is 0 Å². The predicted octanol–water partition coefficient (Wildman–Crippen LogP) is 2.75. The van der Waals surface area contributed by atoms with Gasteiger partial charge in [0, 0.05) is 23.7 Å². The third kappa shape index (κ3) is 5.19. The summed E-state index contributed by atoms with van der Waals surface area (Å²) in [4.78, 5) is 13.5. The van der Waals surface area contributed by atoms with E-state index in [0.717, 1.165) is 13.1 Å². The van der Waals surface area contributed by atoms with Crippen molar-refractivity contribution in [1.29, 1.82) is 0 Å². The number of hydrogen-bond acceptors (Lipinski definition) is 3. The van der Waals surface area contributed by atoms with E-state index < -0.39 is 0 Å². The van der Waals surface area contributed by atoms with Crippen LogP contribution in [0.25, 0.3) is 0 Å². The SMILES string of the molecule is CCN[C@H](C)CNC(=O)c1cccn1Cc1cccs1.Cl. The molecule has 116 valence electrons. The van der Waals surface area contributed by atoms with Gasteiger partial charge in [0.05, 0.1) is 6.54 Å². The van der Waals surface area contributed by atoms with Crippen LogP contribution in [0.1, 0.15) is 29.2 Å². The van der Waals surface area contributed by atoms with Crippen LogP contribution in [0.4, 0.5) is 0 Å². The van der Waals surface area contributed by atoms with Crippen LogP contribution in [0, 0.1) is 0 Å². The average Bonchev–Trinajstić information content (AvgIpc) is 3.08. The van der Waals surface area contributed by atoms with E-state index in [-0.39, 0.29) is 24.4 Å². The van der Waals surface area contributed by atoms with Gasteiger partial charge in [-0.25, -0.2) is 0 Å². The Morgan fingerprint density at radius 3 is 2.86 bits per heavy atom. The van der Waals surface area contributed by atoms with Gasteiger partial charge in [-0.2, -0.15) is 0 Å². The van der Waals surface area contributed by atoms with E-state index in [1.165, 1.54) is 4.88 Å². The summed E-state index contributed by atoms with van der Waals surface area (Å²) in [5, 5.41) is 8.30. The number of carbonyl (C=O) groups excluding carboxylic acids is 1. The zero-order valence-corrected chi connectivity index (χ0v) is 14.0. The third-order valence-electron chi connectivity index (χ3n) is 3.09. The molecule has 0 saturated heterocycles. The lowest BCUT2D eigenvalue weighted by Gasteiger charge is -2.14. The van der Waals surface area contributed by atoms with E-state index in [2.05, 4.69) is 35.9 Å². The topological polar surface area (TPSA) is 46.1 Å². The summed E-state index contributed by atoms with van der Waals surface area (Å²) in [5.41, 5.74) is 0.710. The number of nitrogens with one attached hydrogen (secondary N) is 2. The van der Waals surface area contributed by atoms with Crippen molar-refractivity contribution < 1.29 is 4.79 Å². The highest BCUT2D eigenvalue weighted by molar-refractivity contribution is 7.09. The molecule has 0 spiro atoms. The summed E-state index contributed by atoms with van der Waals surface area (Å²) in [5.74, 6) is -0.0173. The number of rotatable bonds is 7. The zero-order chi connectivity index (χ0) is 14.4. The minimum atomic E-state index is -0.0173. The lowest BCUT2D eigenvalue weighted by Crippen LogP contribution is -2.39. The number of hydrogen-bond donors (Lipinski definition) is 2. The molecule has 2 N–H and O–H groups in total. The first-order chi connectivity index (χ1) is 9.70. The van der Waals surface area contributed by atoms with Gasteiger partial charge in [0.1, 0.15) is 5.69 Å². The molecular weight excluding hydrogens is 306 g/mol. The molecular formula is C15H22ClN3OS. The highest BCUT2D eigenvalue weighted by atomic mass is 35.5. The van der Waals surface area contributed by atoms with Gasteiger partial charge in [0.25, 0.3) is 5.91 Å². The molecule has 2 heterocycles. The van der Waals surface area contributed by atoms with Gasteiger partial charge in [0.2, 0.25) is 0 Å². The molecule has 0 saturated carbocycles. The van der Waals surface area contributed by atoms with Gasteiger partial charge in [-0.3, -0.25) is 4.79 Å². The molecule has 0 aromatic carbocycles. The molecule has 0 radical (unpaired) electrons. The number of carbonyl (C=O) groups is 1. The Morgan fingerprint density at radius 1 is 1.38 bits per heavy atom. The molecule has 0 aliphatic carbocycles. The second-order valence-electron chi connectivity index (χ2n) is 4.77. The first-order valence-electron chi connectivity index (χ1n) is 6.89. The minimum Gasteiger partial charge on any atom is -0.349 e. The van der Waals surface area contributed by atoms with Crippen LogP contribution in [0.3, 0.4) is 0 Å². The molecule has 0 fully saturated rings. The fourth-order valence-corrected chi connectivity index (χ4v) is 2.79. The standard InChI is InChI=1S/C15H21N3OS.ClH/c1-3-16-12(2)10-17-15(19)14-7-4-8-18(14)11-13-6-5-9-20-13;/h4-9,12,16H,3,10-11H2,1-2H3,(H,17,19);1H/t12-;/m1./s1. The molecule has 2 aromatic heterocycles. The second-order valence-corrected chi connectivity index (χ2v) is 5.80. The van der Waals surface area contributed by atoms with E-state index in [4.69, 9.17) is 0 Å². The molecule has 21 heavy (non-hydrogen) atoms. The van der Waals surface area contributed by atoms with Gasteiger partial charge >= 0.3 is 0 Å². The maximum Gasteiger partial charge on any atom is 0.267 e. The van der Waals surface area contributed by atoms with Crippen molar-refractivity contribution in [2.75, 3.05) is 13.1 Å². The fourth-order valence-electron chi connectivity index (χ4n) is 2.09. The maximum atomic E-state index is 12.2. The molecule has 1 amide bonds. The van der Waals surface area contributed by atoms with Crippen LogP contribution < -0.4 is 10.6 Å². The minimum absolute atomic E-state index is 0. The van der Waals surface area contributed by atoms with E-state index in [1.807, 2.05) is 29.0 Å². The van der Waals surface area contributed by atoms with Crippen LogP contribution in [0.15, 0.2) is 35.8 Å². The average molecular weight is 328 g/mol. The summed E-state index contributed by atoms with van der Waals surface area (Å²) in [7, 11) is 0. The lowest BCUT2D eigenvalue weighted by molar-refractivity contribution is 0.0941. The molecule has 4 nitrogen and oxygen atoms in total. The maximum absolute atomic E-state index is 12.2. The molecule has 2 aromatic rings. The van der Waals surface area contributed by atoms with Gasteiger partial charge in [0.15, 0.2) is 0 Å². The van der Waals surface area contributed by atoms with Crippen molar-refractivity contribution in [1.82, 2.24) is 15.2 Å². The first kappa shape index (κ1) is 17.8. The van der Waals surface area contributed by atoms with Crippen molar-refractivity contribution in [3.63, 3.8) is 0 Å². The molecule has 0 unspecified atom stereocenters. The Labute approximate surface area is 136 Å². The molecule has 0 aliphatic rings. The van der Waals surface area contributed by atoms with Crippen LogP contribution in [0.2, 0.25) is 0 Å². The Hall–Kier alpha value is -1.30. The Kier molecular flexibility index (Phi) is 7.50. The van der Waals surface area contributed by atoms with Crippen LogP contribution in [0.5, 0.6) is 0 Å². The largest absolute Gasteiger partial charge is 0.349 e. The first-order valence-corrected chi connectivity index (χ1v) is 7.77. The molecule has 0 aliphatic heterocycles. The monoisotopic (exact) mass is 327 g/mol. The van der Waals surface area contributed by atoms with Crippen molar-refractivity contribution in [3.05, 3.63) is 46.4 Å². The highest BCUT2D eigenvalue weighted by Gasteiger charge is 2.12. The summed E-state index contributed by atoms with van der Waals surface area (Å²) in [6, 6.07) is 8.17. The third-order valence-corrected chi connectivity index (χ3v) is 3.95. The van der Waals surface area contributed by atoms with Crippen LogP contribution >= 0.6 is 23.7 Å². The number of nitrogens with zero attached hydrogens (tertiary/aromatic N) is 1. The van der Waals surface area contributed by atoms with Crippen LogP contribution in [-0.2, 0) is 6.54 Å². The van der Waals surface area contributed by atoms with Crippen molar-refractivity contribution in [2.45, 2.75) is 26.4 Å². The normalized spacial score (nSPS) is 11.7. The van der Waals surface area contributed by atoms with E-state index in [1.54, 1.807) is 11.3 Å². The fraction of sp³-hybridized carbons (Fsp3) is 0.400. The van der Waals surface area contributed by atoms with Crippen molar-refractivity contribution >= 4 is 29.7 Å². The van der Waals surface area contributed by atoms with Gasteiger partial charge in [-0.1, -0.05) is 13.0 Å². The predicted molar refractivity (Wildman–Crippen MR) is 90.6 cm³/mol.